The van der Waals surface area contributed by atoms with Gasteiger partial charge in [-0.1, -0.05) is 6.92 Å². The van der Waals surface area contributed by atoms with Gasteiger partial charge < -0.3 is 10.5 Å². The van der Waals surface area contributed by atoms with E-state index in [4.69, 9.17) is 22.1 Å². The largest absolute Gasteiger partial charge is 0.493 e. The first-order valence-electron chi connectivity index (χ1n) is 6.20. The Bertz CT molecular complexity index is 612. The van der Waals surface area contributed by atoms with Gasteiger partial charge in [0.05, 0.1) is 12.5 Å². The highest BCUT2D eigenvalue weighted by atomic mass is 35.5. The molecule has 1 aromatic carbocycles. The van der Waals surface area contributed by atoms with Gasteiger partial charge in [-0.15, -0.1) is 11.6 Å². The Morgan fingerprint density at radius 3 is 2.90 bits per heavy atom. The molecule has 0 aliphatic heterocycles. The summed E-state index contributed by atoms with van der Waals surface area (Å²) in [6.45, 7) is 2.66. The van der Waals surface area contributed by atoms with E-state index in [0.29, 0.717) is 23.7 Å². The molecule has 106 valence electrons. The summed E-state index contributed by atoms with van der Waals surface area (Å²) in [7, 11) is 0. The lowest BCUT2D eigenvalue weighted by Crippen LogP contribution is -2.12. The molecule has 0 fully saturated rings. The first-order chi connectivity index (χ1) is 9.67. The number of H-pyrrole nitrogens is 1. The molecule has 6 nitrogen and oxygen atoms in total. The van der Waals surface area contributed by atoms with Crippen LogP contribution in [0, 0.1) is 0 Å². The van der Waals surface area contributed by atoms with Gasteiger partial charge in [-0.25, -0.2) is 0 Å². The van der Waals surface area contributed by atoms with Crippen LogP contribution in [0.25, 0.3) is 11.3 Å². The van der Waals surface area contributed by atoms with Crippen LogP contribution in [0.3, 0.4) is 0 Å². The van der Waals surface area contributed by atoms with Crippen LogP contribution < -0.4 is 10.5 Å². The number of aromatic amines is 1. The van der Waals surface area contributed by atoms with Crippen LogP contribution >= 0.6 is 11.6 Å². The van der Waals surface area contributed by atoms with Crippen LogP contribution in [0.1, 0.15) is 29.4 Å². The first kappa shape index (κ1) is 14.3. The van der Waals surface area contributed by atoms with E-state index in [2.05, 4.69) is 15.4 Å². The minimum absolute atomic E-state index is 0.104. The molecule has 0 saturated heterocycles. The molecule has 0 bridgehead atoms. The molecule has 2 rings (SSSR count). The van der Waals surface area contributed by atoms with E-state index in [1.807, 2.05) is 19.1 Å². The number of alkyl halides is 1. The SMILES string of the molecule is CCCOc1ccc(-c2n[nH]nc2C(N)=O)cc1CCl. The van der Waals surface area contributed by atoms with Crippen molar-refractivity contribution in [2.24, 2.45) is 5.73 Å². The summed E-state index contributed by atoms with van der Waals surface area (Å²) in [6, 6.07) is 5.43. The third-order valence-electron chi connectivity index (χ3n) is 2.72. The van der Waals surface area contributed by atoms with Crippen molar-refractivity contribution in [3.63, 3.8) is 0 Å². The van der Waals surface area contributed by atoms with Crippen molar-refractivity contribution in [3.05, 3.63) is 29.5 Å². The zero-order valence-corrected chi connectivity index (χ0v) is 11.8. The molecular formula is C13H15ClN4O2. The molecule has 20 heavy (non-hydrogen) atoms. The number of carbonyl (C=O) groups excluding carboxylic acids is 1. The second kappa shape index (κ2) is 6.38. The maximum Gasteiger partial charge on any atom is 0.271 e. The summed E-state index contributed by atoms with van der Waals surface area (Å²) in [5.74, 6) is 0.401. The van der Waals surface area contributed by atoms with Crippen LogP contribution in [0.2, 0.25) is 0 Å². The molecule has 1 aromatic heterocycles. The molecule has 7 heteroatoms. The predicted molar refractivity (Wildman–Crippen MR) is 75.7 cm³/mol. The third-order valence-corrected chi connectivity index (χ3v) is 3.01. The number of carbonyl (C=O) groups is 1. The number of rotatable bonds is 6. The Hall–Kier alpha value is -2.08. The fourth-order valence-corrected chi connectivity index (χ4v) is 2.00. The number of aromatic nitrogens is 3. The fraction of sp³-hybridized carbons (Fsp3) is 0.308. The summed E-state index contributed by atoms with van der Waals surface area (Å²) in [5, 5.41) is 10.1. The first-order valence-corrected chi connectivity index (χ1v) is 6.73. The number of hydrogen-bond donors (Lipinski definition) is 2. The maximum absolute atomic E-state index is 11.3. The molecule has 0 aliphatic rings. The summed E-state index contributed by atoms with van der Waals surface area (Å²) in [5.41, 5.74) is 7.31. The van der Waals surface area contributed by atoms with Crippen molar-refractivity contribution in [1.82, 2.24) is 15.4 Å². The van der Waals surface area contributed by atoms with Crippen LogP contribution in [0.4, 0.5) is 0 Å². The number of primary amides is 1. The van der Waals surface area contributed by atoms with E-state index in [-0.39, 0.29) is 5.69 Å². The van der Waals surface area contributed by atoms with E-state index < -0.39 is 5.91 Å². The average Bonchev–Trinajstić information content (AvgIpc) is 2.94. The number of nitrogens with two attached hydrogens (primary N) is 1. The lowest BCUT2D eigenvalue weighted by atomic mass is 10.1. The molecule has 2 aromatic rings. The van der Waals surface area contributed by atoms with Gasteiger partial charge in [-0.2, -0.15) is 15.4 Å². The second-order valence-electron chi connectivity index (χ2n) is 4.19. The number of nitrogens with zero attached hydrogens (tertiary/aromatic N) is 2. The number of benzene rings is 1. The molecule has 0 spiro atoms. The Balaban J connectivity index is 2.38. The van der Waals surface area contributed by atoms with E-state index in [9.17, 15) is 4.79 Å². The molecule has 0 unspecified atom stereocenters. The molecule has 1 amide bonds. The second-order valence-corrected chi connectivity index (χ2v) is 4.46. The van der Waals surface area contributed by atoms with Crippen molar-refractivity contribution in [1.29, 1.82) is 0 Å². The van der Waals surface area contributed by atoms with Gasteiger partial charge in [-0.3, -0.25) is 4.79 Å². The van der Waals surface area contributed by atoms with Gasteiger partial charge in [0.2, 0.25) is 0 Å². The van der Waals surface area contributed by atoms with Gasteiger partial charge in [0.1, 0.15) is 11.4 Å². The molecule has 0 atom stereocenters. The average molecular weight is 295 g/mol. The fourth-order valence-electron chi connectivity index (χ4n) is 1.79. The maximum atomic E-state index is 11.3. The van der Waals surface area contributed by atoms with Crippen molar-refractivity contribution < 1.29 is 9.53 Å². The summed E-state index contributed by atoms with van der Waals surface area (Å²) >= 11 is 5.93. The quantitative estimate of drug-likeness (QED) is 0.798. The molecular weight excluding hydrogens is 280 g/mol. The minimum Gasteiger partial charge on any atom is -0.493 e. The summed E-state index contributed by atoms with van der Waals surface area (Å²) in [6.07, 6.45) is 0.915. The standard InChI is InChI=1S/C13H15ClN4O2/c1-2-5-20-10-4-3-8(6-9(10)7-14)11-12(13(15)19)17-18-16-11/h3-4,6H,2,5,7H2,1H3,(H2,15,19)(H,16,17,18). The monoisotopic (exact) mass is 294 g/mol. The topological polar surface area (TPSA) is 93.9 Å². The van der Waals surface area contributed by atoms with Crippen LogP contribution in [-0.2, 0) is 5.88 Å². The van der Waals surface area contributed by atoms with Gasteiger partial charge in [0.25, 0.3) is 5.91 Å². The van der Waals surface area contributed by atoms with Gasteiger partial charge in [0.15, 0.2) is 5.69 Å². The van der Waals surface area contributed by atoms with Crippen LogP contribution in [0.5, 0.6) is 5.75 Å². The highest BCUT2D eigenvalue weighted by molar-refractivity contribution is 6.17. The summed E-state index contributed by atoms with van der Waals surface area (Å²) < 4.78 is 5.61. The number of halogens is 1. The van der Waals surface area contributed by atoms with Crippen molar-refractivity contribution >= 4 is 17.5 Å². The number of ether oxygens (including phenoxy) is 1. The molecule has 1 heterocycles. The molecule has 0 radical (unpaired) electrons. The lowest BCUT2D eigenvalue weighted by molar-refractivity contribution is 0.0996. The molecule has 3 N–H and O–H groups in total. The highest BCUT2D eigenvalue weighted by Crippen LogP contribution is 2.28. The lowest BCUT2D eigenvalue weighted by Gasteiger charge is -2.10. The van der Waals surface area contributed by atoms with Gasteiger partial charge in [0, 0.05) is 11.1 Å². The van der Waals surface area contributed by atoms with E-state index in [1.165, 1.54) is 0 Å². The smallest absolute Gasteiger partial charge is 0.271 e. The Morgan fingerprint density at radius 1 is 1.45 bits per heavy atom. The van der Waals surface area contributed by atoms with Crippen LogP contribution in [0.15, 0.2) is 18.2 Å². The zero-order valence-electron chi connectivity index (χ0n) is 11.0. The minimum atomic E-state index is -0.632. The predicted octanol–water partition coefficient (Wildman–Crippen LogP) is 2.10. The van der Waals surface area contributed by atoms with Crippen molar-refractivity contribution in [3.8, 4) is 17.0 Å². The van der Waals surface area contributed by atoms with Crippen molar-refractivity contribution in [2.75, 3.05) is 6.61 Å². The van der Waals surface area contributed by atoms with E-state index in [0.717, 1.165) is 17.7 Å². The number of nitrogens with one attached hydrogen (secondary N) is 1. The van der Waals surface area contributed by atoms with E-state index in [1.54, 1.807) is 6.07 Å². The number of hydrogen-bond acceptors (Lipinski definition) is 4. The normalized spacial score (nSPS) is 10.5. The van der Waals surface area contributed by atoms with Crippen LogP contribution in [-0.4, -0.2) is 27.9 Å². The zero-order chi connectivity index (χ0) is 14.5. The molecule has 0 aliphatic carbocycles. The van der Waals surface area contributed by atoms with Gasteiger partial charge in [-0.05, 0) is 24.6 Å². The van der Waals surface area contributed by atoms with E-state index >= 15 is 0 Å². The number of amides is 1. The Kier molecular flexibility index (Phi) is 4.57. The molecule has 0 saturated carbocycles. The van der Waals surface area contributed by atoms with Gasteiger partial charge >= 0.3 is 0 Å². The third kappa shape index (κ3) is 2.91. The van der Waals surface area contributed by atoms with Crippen molar-refractivity contribution in [2.45, 2.75) is 19.2 Å². The highest BCUT2D eigenvalue weighted by Gasteiger charge is 2.16. The Morgan fingerprint density at radius 2 is 2.25 bits per heavy atom. The summed E-state index contributed by atoms with van der Waals surface area (Å²) in [4.78, 5) is 11.3. The Labute approximate surface area is 121 Å².